The van der Waals surface area contributed by atoms with Crippen molar-refractivity contribution in [2.45, 2.75) is 59.0 Å². The van der Waals surface area contributed by atoms with E-state index in [1.165, 1.54) is 17.9 Å². The molecule has 9 heteroatoms. The van der Waals surface area contributed by atoms with Gasteiger partial charge in [0.05, 0.1) is 11.6 Å². The average Bonchev–Trinajstić information content (AvgIpc) is 3.11. The molecule has 5 N–H and O–H groups in total. The molecular formula is C27H41N5O4. The summed E-state index contributed by atoms with van der Waals surface area (Å²) in [7, 11) is 5.27. The number of carbonyl (C=O) groups is 3. The molecule has 0 radical (unpaired) electrons. The molecule has 1 aromatic heterocycles. The van der Waals surface area contributed by atoms with Crippen molar-refractivity contribution in [2.75, 3.05) is 26.4 Å². The van der Waals surface area contributed by atoms with Crippen molar-refractivity contribution in [2.24, 2.45) is 12.5 Å². The monoisotopic (exact) mass is 499 g/mol. The highest BCUT2D eigenvalue weighted by molar-refractivity contribution is 5.93. The molecule has 9 nitrogen and oxygen atoms in total. The number of nitrogens with two attached hydrogens (primary N) is 1. The molecule has 0 fully saturated rings. The first-order valence-corrected chi connectivity index (χ1v) is 12.0. The molecule has 2 rings (SSSR count). The Bertz CT molecular complexity index is 1170. The Hall–Kier alpha value is -3.33. The Morgan fingerprint density at radius 1 is 1.17 bits per heavy atom. The molecule has 0 spiro atoms. The van der Waals surface area contributed by atoms with Gasteiger partial charge in [-0.1, -0.05) is 46.8 Å². The number of nitrogens with one attached hydrogen (secondary N) is 2. The lowest BCUT2D eigenvalue weighted by Gasteiger charge is -2.38. The predicted octanol–water partition coefficient (Wildman–Crippen LogP) is 2.65. The van der Waals surface area contributed by atoms with Crippen molar-refractivity contribution < 1.29 is 19.5 Å². The number of nitrogen functional groups attached to an aromatic ring is 1. The highest BCUT2D eigenvalue weighted by Gasteiger charge is 2.41. The maximum atomic E-state index is 13.7. The summed E-state index contributed by atoms with van der Waals surface area (Å²) in [5.74, 6) is -1.63. The van der Waals surface area contributed by atoms with E-state index in [-0.39, 0.29) is 23.9 Å². The number of anilines is 1. The SMILES string of the molecule is CNC(C(=O)NC(C(=O)N(C)C/C=C(\C)C(=O)O)C(C)(C)C)C(C)(C)c1cn(C)c2cc(N)ccc12. The zero-order valence-corrected chi connectivity index (χ0v) is 22.9. The quantitative estimate of drug-likeness (QED) is 0.310. The van der Waals surface area contributed by atoms with Crippen LogP contribution in [0.25, 0.3) is 10.9 Å². The molecule has 0 saturated heterocycles. The number of hydrogen-bond donors (Lipinski definition) is 4. The van der Waals surface area contributed by atoms with E-state index in [1.54, 1.807) is 14.1 Å². The van der Waals surface area contributed by atoms with Gasteiger partial charge in [0.25, 0.3) is 0 Å². The molecule has 0 saturated carbocycles. The van der Waals surface area contributed by atoms with Crippen molar-refractivity contribution >= 4 is 34.4 Å². The third-order valence-corrected chi connectivity index (χ3v) is 6.77. The van der Waals surface area contributed by atoms with E-state index < -0.39 is 28.9 Å². The van der Waals surface area contributed by atoms with Gasteiger partial charge < -0.3 is 30.9 Å². The van der Waals surface area contributed by atoms with Gasteiger partial charge in [0, 0.05) is 48.9 Å². The number of fused-ring (bicyclic) bond motifs is 1. The topological polar surface area (TPSA) is 130 Å². The normalized spacial score (nSPS) is 14.4. The Morgan fingerprint density at radius 2 is 1.78 bits per heavy atom. The van der Waals surface area contributed by atoms with E-state index in [9.17, 15) is 14.4 Å². The van der Waals surface area contributed by atoms with Crippen LogP contribution in [0, 0.1) is 5.41 Å². The number of likely N-dealkylation sites (N-methyl/N-ethyl adjacent to an activating group) is 2. The number of carboxylic acids is 1. The molecule has 0 aliphatic heterocycles. The molecule has 0 bridgehead atoms. The Kier molecular flexibility index (Phi) is 8.62. The summed E-state index contributed by atoms with van der Waals surface area (Å²) in [6.45, 7) is 11.3. The van der Waals surface area contributed by atoms with Gasteiger partial charge in [0.2, 0.25) is 11.8 Å². The minimum atomic E-state index is -1.04. The van der Waals surface area contributed by atoms with Crippen molar-refractivity contribution in [3.63, 3.8) is 0 Å². The van der Waals surface area contributed by atoms with Gasteiger partial charge in [-0.15, -0.1) is 0 Å². The molecule has 0 aliphatic rings. The largest absolute Gasteiger partial charge is 0.478 e. The second kappa shape index (κ2) is 10.7. The van der Waals surface area contributed by atoms with Gasteiger partial charge >= 0.3 is 5.97 Å². The molecule has 2 unspecified atom stereocenters. The third kappa shape index (κ3) is 6.07. The van der Waals surface area contributed by atoms with Gasteiger partial charge in [0.1, 0.15) is 6.04 Å². The van der Waals surface area contributed by atoms with Crippen LogP contribution in [0.5, 0.6) is 0 Å². The second-order valence-electron chi connectivity index (χ2n) is 11.1. The van der Waals surface area contributed by atoms with Crippen LogP contribution in [0.2, 0.25) is 0 Å². The fourth-order valence-corrected chi connectivity index (χ4v) is 4.44. The predicted molar refractivity (Wildman–Crippen MR) is 144 cm³/mol. The number of carbonyl (C=O) groups excluding carboxylic acids is 2. The summed E-state index contributed by atoms with van der Waals surface area (Å²) in [5, 5.41) is 16.2. The van der Waals surface area contributed by atoms with Crippen LogP contribution in [0.15, 0.2) is 36.0 Å². The number of hydrogen-bond acceptors (Lipinski definition) is 5. The first kappa shape index (κ1) is 28.9. The summed E-state index contributed by atoms with van der Waals surface area (Å²) >= 11 is 0. The van der Waals surface area contributed by atoms with Crippen LogP contribution in [0.3, 0.4) is 0 Å². The standard InChI is InChI=1S/C27H41N5O4/c1-16(25(35)36)12-13-31(8)24(34)22(26(2,3)4)30-23(33)21(29-7)27(5,6)19-15-32(9)20-14-17(28)10-11-18(19)20/h10-12,14-15,21-22,29H,13,28H2,1-9H3,(H,30,33)(H,35,36)/b16-12+. The summed E-state index contributed by atoms with van der Waals surface area (Å²) in [4.78, 5) is 39.5. The number of aliphatic carboxylic acids is 1. The van der Waals surface area contributed by atoms with E-state index in [1.807, 2.05) is 70.6 Å². The first-order valence-electron chi connectivity index (χ1n) is 12.0. The van der Waals surface area contributed by atoms with Gasteiger partial charge in [-0.3, -0.25) is 9.59 Å². The number of rotatable bonds is 9. The smallest absolute Gasteiger partial charge is 0.331 e. The number of nitrogens with zero attached hydrogens (tertiary/aromatic N) is 2. The number of aryl methyl sites for hydroxylation is 1. The van der Waals surface area contributed by atoms with Crippen molar-refractivity contribution in [3.8, 4) is 0 Å². The lowest BCUT2D eigenvalue weighted by atomic mass is 9.76. The zero-order chi connectivity index (χ0) is 27.6. The Labute approximate surface area is 213 Å². The molecular weight excluding hydrogens is 458 g/mol. The fraction of sp³-hybridized carbons (Fsp3) is 0.519. The lowest BCUT2D eigenvalue weighted by molar-refractivity contribution is -0.139. The molecule has 0 aliphatic carbocycles. The molecule has 2 aromatic rings. The molecule has 2 amide bonds. The van der Waals surface area contributed by atoms with Crippen LogP contribution in [-0.2, 0) is 26.8 Å². The van der Waals surface area contributed by atoms with Crippen molar-refractivity contribution in [3.05, 3.63) is 41.6 Å². The number of benzene rings is 1. The maximum absolute atomic E-state index is 13.7. The van der Waals surface area contributed by atoms with Crippen LogP contribution in [-0.4, -0.2) is 65.1 Å². The lowest BCUT2D eigenvalue weighted by Crippen LogP contribution is -2.60. The third-order valence-electron chi connectivity index (χ3n) is 6.77. The van der Waals surface area contributed by atoms with Crippen molar-refractivity contribution in [1.29, 1.82) is 0 Å². The second-order valence-corrected chi connectivity index (χ2v) is 11.1. The first-order chi connectivity index (χ1) is 16.5. The van der Waals surface area contributed by atoms with Gasteiger partial charge in [-0.25, -0.2) is 4.79 Å². The van der Waals surface area contributed by atoms with Crippen LogP contribution in [0.4, 0.5) is 5.69 Å². The van der Waals surface area contributed by atoms with Gasteiger partial charge in [-0.05, 0) is 37.1 Å². The molecule has 198 valence electrons. The van der Waals surface area contributed by atoms with Crippen molar-refractivity contribution in [1.82, 2.24) is 20.1 Å². The summed E-state index contributed by atoms with van der Waals surface area (Å²) in [6, 6.07) is 4.27. The maximum Gasteiger partial charge on any atom is 0.331 e. The molecule has 1 heterocycles. The van der Waals surface area contributed by atoms with Crippen LogP contribution in [0.1, 0.15) is 47.1 Å². The van der Waals surface area contributed by atoms with Gasteiger partial charge in [-0.2, -0.15) is 0 Å². The molecule has 1 aromatic carbocycles. The van der Waals surface area contributed by atoms with E-state index in [4.69, 9.17) is 10.8 Å². The minimum Gasteiger partial charge on any atom is -0.478 e. The van der Waals surface area contributed by atoms with Gasteiger partial charge in [0.15, 0.2) is 0 Å². The van der Waals surface area contributed by atoms with Crippen LogP contribution >= 0.6 is 0 Å². The number of aromatic nitrogens is 1. The van der Waals surface area contributed by atoms with E-state index in [0.717, 1.165) is 16.5 Å². The number of carboxylic acid groups (broad SMARTS) is 1. The number of amides is 2. The minimum absolute atomic E-state index is 0.125. The average molecular weight is 500 g/mol. The van der Waals surface area contributed by atoms with E-state index in [2.05, 4.69) is 10.6 Å². The molecule has 2 atom stereocenters. The molecule has 36 heavy (non-hydrogen) atoms. The van der Waals surface area contributed by atoms with Crippen LogP contribution < -0.4 is 16.4 Å². The summed E-state index contributed by atoms with van der Waals surface area (Å²) in [6.07, 6.45) is 3.49. The highest BCUT2D eigenvalue weighted by atomic mass is 16.4. The van der Waals surface area contributed by atoms with E-state index >= 15 is 0 Å². The zero-order valence-electron chi connectivity index (χ0n) is 22.9. The Morgan fingerprint density at radius 3 is 2.31 bits per heavy atom. The highest BCUT2D eigenvalue weighted by Crippen LogP contribution is 2.35. The summed E-state index contributed by atoms with van der Waals surface area (Å²) in [5.41, 5.74) is 7.56. The Balaban J connectivity index is 2.37. The fourth-order valence-electron chi connectivity index (χ4n) is 4.44. The summed E-state index contributed by atoms with van der Waals surface area (Å²) < 4.78 is 2.00. The van der Waals surface area contributed by atoms with E-state index in [0.29, 0.717) is 5.69 Å².